The molecule has 0 fully saturated rings. The summed E-state index contributed by atoms with van der Waals surface area (Å²) in [4.78, 5) is 0. The van der Waals surface area contributed by atoms with Gasteiger partial charge in [-0.15, -0.1) is 12.4 Å². The Hall–Kier alpha value is -1.41. The van der Waals surface area contributed by atoms with E-state index in [1.807, 2.05) is 18.2 Å². The monoisotopic (exact) mass is 328 g/mol. The number of fused-ring (bicyclic) bond motifs is 1. The number of hydrogen-bond donors (Lipinski definition) is 2. The van der Waals surface area contributed by atoms with E-state index in [4.69, 9.17) is 0 Å². The first-order valence-corrected chi connectivity index (χ1v) is 7.84. The van der Waals surface area contributed by atoms with Crippen molar-refractivity contribution < 1.29 is 8.42 Å². The van der Waals surface area contributed by atoms with E-state index in [0.29, 0.717) is 0 Å². The molecule has 0 saturated heterocycles. The Labute approximate surface area is 130 Å². The van der Waals surface area contributed by atoms with Crippen molar-refractivity contribution in [3.8, 4) is 0 Å². The van der Waals surface area contributed by atoms with Gasteiger partial charge in [0, 0.05) is 26.7 Å². The summed E-state index contributed by atoms with van der Waals surface area (Å²) >= 11 is 0. The molecule has 6 nitrogen and oxygen atoms in total. The van der Waals surface area contributed by atoms with Crippen LogP contribution in [0.25, 0.3) is 0 Å². The molecule has 3 rings (SSSR count). The largest absolute Gasteiger partial charge is 0.309 e. The fourth-order valence-electron chi connectivity index (χ4n) is 2.34. The van der Waals surface area contributed by atoms with Crippen molar-refractivity contribution in [1.29, 1.82) is 0 Å². The average molecular weight is 329 g/mol. The van der Waals surface area contributed by atoms with E-state index in [-0.39, 0.29) is 24.0 Å². The first-order valence-electron chi connectivity index (χ1n) is 6.35. The molecule has 0 saturated carbocycles. The Morgan fingerprint density at radius 3 is 2.76 bits per heavy atom. The molecule has 2 aromatic rings. The van der Waals surface area contributed by atoms with Crippen LogP contribution in [0.5, 0.6) is 0 Å². The number of benzene rings is 1. The predicted octanol–water partition coefficient (Wildman–Crippen LogP) is 0.924. The normalized spacial score (nSPS) is 13.8. The topological polar surface area (TPSA) is 76.0 Å². The Morgan fingerprint density at radius 1 is 1.29 bits per heavy atom. The van der Waals surface area contributed by atoms with Crippen LogP contribution in [-0.4, -0.2) is 18.2 Å². The summed E-state index contributed by atoms with van der Waals surface area (Å²) in [6.45, 7) is 2.01. The second-order valence-corrected chi connectivity index (χ2v) is 6.54. The van der Waals surface area contributed by atoms with Crippen LogP contribution in [0.4, 0.5) is 0 Å². The van der Waals surface area contributed by atoms with Gasteiger partial charge >= 0.3 is 0 Å². The van der Waals surface area contributed by atoms with Gasteiger partial charge in [-0.1, -0.05) is 18.2 Å². The first kappa shape index (κ1) is 16.0. The van der Waals surface area contributed by atoms with Crippen LogP contribution < -0.4 is 10.0 Å². The Bertz CT molecular complexity index is 742. The number of nitrogens with one attached hydrogen (secondary N) is 2. The minimum Gasteiger partial charge on any atom is -0.309 e. The highest BCUT2D eigenvalue weighted by Gasteiger charge is 2.18. The molecule has 2 N–H and O–H groups in total. The molecule has 0 spiro atoms. The van der Waals surface area contributed by atoms with E-state index in [2.05, 4.69) is 15.1 Å². The molecule has 0 bridgehead atoms. The Morgan fingerprint density at radius 2 is 2.05 bits per heavy atom. The number of aromatic nitrogens is 2. The third-order valence-corrected chi connectivity index (χ3v) is 4.89. The van der Waals surface area contributed by atoms with Crippen molar-refractivity contribution >= 4 is 22.4 Å². The Kier molecular flexibility index (Phi) is 4.67. The van der Waals surface area contributed by atoms with Gasteiger partial charge in [0.1, 0.15) is 0 Å². The molecule has 114 valence electrons. The average Bonchev–Trinajstić information content (AvgIpc) is 3.04. The Balaban J connectivity index is 0.00000161. The van der Waals surface area contributed by atoms with Crippen molar-refractivity contribution in [3.05, 3.63) is 47.2 Å². The van der Waals surface area contributed by atoms with Crippen molar-refractivity contribution in [2.24, 2.45) is 7.05 Å². The van der Waals surface area contributed by atoms with Gasteiger partial charge in [-0.2, -0.15) is 5.10 Å². The van der Waals surface area contributed by atoms with Crippen LogP contribution in [0.2, 0.25) is 0 Å². The van der Waals surface area contributed by atoms with Crippen LogP contribution in [0.3, 0.4) is 0 Å². The lowest BCUT2D eigenvalue weighted by molar-refractivity contribution is 0.563. The maximum atomic E-state index is 12.1. The molecule has 1 aromatic heterocycles. The van der Waals surface area contributed by atoms with Crippen molar-refractivity contribution in [2.45, 2.75) is 24.7 Å². The van der Waals surface area contributed by atoms with Crippen molar-refractivity contribution in [3.63, 3.8) is 0 Å². The van der Waals surface area contributed by atoms with Crippen molar-refractivity contribution in [1.82, 2.24) is 19.8 Å². The summed E-state index contributed by atoms with van der Waals surface area (Å²) in [6, 6.07) is 7.52. The highest BCUT2D eigenvalue weighted by atomic mass is 35.5. The number of rotatable bonds is 4. The summed E-state index contributed by atoms with van der Waals surface area (Å²) in [7, 11) is -1.92. The van der Waals surface area contributed by atoms with Gasteiger partial charge in [0.2, 0.25) is 0 Å². The zero-order valence-corrected chi connectivity index (χ0v) is 13.2. The number of aryl methyl sites for hydroxylation is 1. The summed E-state index contributed by atoms with van der Waals surface area (Å²) in [6.07, 6.45) is 1.47. The minimum absolute atomic E-state index is 0. The zero-order chi connectivity index (χ0) is 14.2. The van der Waals surface area contributed by atoms with Gasteiger partial charge in [-0.25, -0.2) is 13.1 Å². The molecule has 0 atom stereocenters. The van der Waals surface area contributed by atoms with Gasteiger partial charge in [0.05, 0.1) is 6.20 Å². The van der Waals surface area contributed by atoms with Gasteiger partial charge in [0.15, 0.2) is 5.03 Å². The van der Waals surface area contributed by atoms with E-state index in [1.54, 1.807) is 7.05 Å². The molecule has 0 amide bonds. The number of sulfonamides is 1. The molecule has 21 heavy (non-hydrogen) atoms. The molecular formula is C13H17ClN4O2S. The lowest BCUT2D eigenvalue weighted by atomic mass is 10.1. The van der Waals surface area contributed by atoms with Gasteiger partial charge in [-0.3, -0.25) is 4.68 Å². The summed E-state index contributed by atoms with van der Waals surface area (Å²) in [5, 5.41) is 7.31. The molecule has 0 aliphatic carbocycles. The molecular weight excluding hydrogens is 312 g/mol. The highest BCUT2D eigenvalue weighted by molar-refractivity contribution is 7.89. The number of hydrogen-bond acceptors (Lipinski definition) is 4. The van der Waals surface area contributed by atoms with Crippen LogP contribution in [0, 0.1) is 0 Å². The highest BCUT2D eigenvalue weighted by Crippen LogP contribution is 2.17. The van der Waals surface area contributed by atoms with Gasteiger partial charge in [-0.05, 0) is 22.8 Å². The molecule has 2 heterocycles. The molecule has 1 aromatic carbocycles. The van der Waals surface area contributed by atoms with E-state index in [0.717, 1.165) is 18.7 Å². The van der Waals surface area contributed by atoms with E-state index in [1.165, 1.54) is 28.1 Å². The molecule has 8 heteroatoms. The van der Waals surface area contributed by atoms with E-state index >= 15 is 0 Å². The first-order chi connectivity index (χ1) is 9.56. The van der Waals surface area contributed by atoms with Gasteiger partial charge in [0.25, 0.3) is 10.0 Å². The van der Waals surface area contributed by atoms with Crippen LogP contribution in [0.1, 0.15) is 16.7 Å². The second-order valence-electron chi connectivity index (χ2n) is 4.82. The fourth-order valence-corrected chi connectivity index (χ4v) is 3.48. The lowest BCUT2D eigenvalue weighted by Gasteiger charge is -2.08. The fraction of sp³-hybridized carbons (Fsp3) is 0.308. The van der Waals surface area contributed by atoms with Crippen LogP contribution in [0.15, 0.2) is 35.5 Å². The predicted molar refractivity (Wildman–Crippen MR) is 81.5 cm³/mol. The maximum absolute atomic E-state index is 12.1. The van der Waals surface area contributed by atoms with Gasteiger partial charge < -0.3 is 5.32 Å². The quantitative estimate of drug-likeness (QED) is 0.875. The van der Waals surface area contributed by atoms with Crippen molar-refractivity contribution in [2.75, 3.05) is 0 Å². The smallest absolute Gasteiger partial charge is 0.258 e. The standard InChI is InChI=1S/C13H16N4O2S.ClH/c1-17-13(4-5-15-17)20(18,19)16-7-10-2-3-11-8-14-9-12(11)6-10;/h2-6,14,16H,7-9H2,1H3;1H. The lowest BCUT2D eigenvalue weighted by Crippen LogP contribution is -2.25. The molecule has 0 radical (unpaired) electrons. The maximum Gasteiger partial charge on any atom is 0.258 e. The SMILES string of the molecule is Cl.Cn1nccc1S(=O)(=O)NCc1ccc2c(c1)CNC2. The zero-order valence-electron chi connectivity index (χ0n) is 11.5. The molecule has 1 aliphatic rings. The van der Waals surface area contributed by atoms with Crippen LogP contribution in [-0.2, 0) is 36.7 Å². The number of halogens is 1. The third-order valence-electron chi connectivity index (χ3n) is 3.42. The third kappa shape index (κ3) is 3.26. The number of nitrogens with zero attached hydrogens (tertiary/aromatic N) is 2. The summed E-state index contributed by atoms with van der Waals surface area (Å²) in [5.41, 5.74) is 3.48. The molecule has 0 unspecified atom stereocenters. The van der Waals surface area contributed by atoms with E-state index in [9.17, 15) is 8.42 Å². The van der Waals surface area contributed by atoms with Crippen LogP contribution >= 0.6 is 12.4 Å². The minimum atomic E-state index is -3.53. The summed E-state index contributed by atoms with van der Waals surface area (Å²) in [5.74, 6) is 0. The second kappa shape index (κ2) is 6.15. The summed E-state index contributed by atoms with van der Waals surface area (Å²) < 4.78 is 28.2. The van der Waals surface area contributed by atoms with E-state index < -0.39 is 10.0 Å². The molecule has 1 aliphatic heterocycles.